The van der Waals surface area contributed by atoms with Gasteiger partial charge in [-0.15, -0.1) is 0 Å². The first kappa shape index (κ1) is 12.0. The molecule has 2 unspecified atom stereocenters. The first-order valence-corrected chi connectivity index (χ1v) is 5.95. The van der Waals surface area contributed by atoms with E-state index in [4.69, 9.17) is 5.11 Å². The van der Waals surface area contributed by atoms with Gasteiger partial charge in [0, 0.05) is 0 Å². The number of carbonyl (C=O) groups is 2. The van der Waals surface area contributed by atoms with Crippen molar-refractivity contribution >= 4 is 33.5 Å². The summed E-state index contributed by atoms with van der Waals surface area (Å²) in [5, 5.41) is 11.4. The van der Waals surface area contributed by atoms with Crippen LogP contribution in [0.15, 0.2) is 16.7 Å². The summed E-state index contributed by atoms with van der Waals surface area (Å²) in [6, 6.07) is 3.46. The zero-order valence-electron chi connectivity index (χ0n) is 9.11. The Morgan fingerprint density at radius 1 is 1.47 bits per heavy atom. The second-order valence-corrected chi connectivity index (χ2v) is 4.86. The monoisotopic (exact) mass is 298 g/mol. The van der Waals surface area contributed by atoms with E-state index >= 15 is 0 Å². The van der Waals surface area contributed by atoms with Crippen molar-refractivity contribution in [1.82, 2.24) is 4.98 Å². The molecule has 0 aliphatic heterocycles. The lowest BCUT2D eigenvalue weighted by molar-refractivity contribution is -0.139. The van der Waals surface area contributed by atoms with Crippen molar-refractivity contribution in [2.24, 2.45) is 11.8 Å². The van der Waals surface area contributed by atoms with Crippen LogP contribution in [-0.2, 0) is 9.59 Å². The van der Waals surface area contributed by atoms with Gasteiger partial charge >= 0.3 is 5.97 Å². The summed E-state index contributed by atoms with van der Waals surface area (Å²) >= 11 is 3.23. The number of hydrogen-bond donors (Lipinski definition) is 2. The number of halogens is 1. The van der Waals surface area contributed by atoms with Gasteiger partial charge in [0.25, 0.3) is 0 Å². The molecule has 1 aliphatic rings. The molecule has 1 saturated carbocycles. The van der Waals surface area contributed by atoms with Crippen LogP contribution in [0.25, 0.3) is 0 Å². The largest absolute Gasteiger partial charge is 0.481 e. The van der Waals surface area contributed by atoms with Crippen molar-refractivity contribution in [2.75, 3.05) is 5.32 Å². The van der Waals surface area contributed by atoms with Crippen LogP contribution >= 0.6 is 15.9 Å². The van der Waals surface area contributed by atoms with E-state index in [1.807, 2.05) is 0 Å². The van der Waals surface area contributed by atoms with Crippen molar-refractivity contribution < 1.29 is 14.7 Å². The fourth-order valence-corrected chi connectivity index (χ4v) is 2.04. The van der Waals surface area contributed by atoms with Gasteiger partial charge in [0.05, 0.1) is 23.2 Å². The molecule has 0 spiro atoms. The number of nitrogens with zero attached hydrogens (tertiary/aromatic N) is 1. The van der Waals surface area contributed by atoms with Crippen LogP contribution < -0.4 is 5.32 Å². The number of pyridine rings is 1. The molecule has 2 rings (SSSR count). The number of carboxylic acids is 1. The first-order chi connectivity index (χ1) is 7.99. The van der Waals surface area contributed by atoms with Crippen molar-refractivity contribution in [3.8, 4) is 0 Å². The van der Waals surface area contributed by atoms with Gasteiger partial charge in [-0.1, -0.05) is 0 Å². The molecule has 2 atom stereocenters. The minimum Gasteiger partial charge on any atom is -0.481 e. The Kier molecular flexibility index (Phi) is 3.15. The third-order valence-electron chi connectivity index (χ3n) is 2.75. The standard InChI is InChI=1S/C11H11BrN2O3/c1-5-8(2-3-9(12)13-5)14-10(15)6-4-7(6)11(16)17/h2-3,6-7H,4H2,1H3,(H,14,15)(H,16,17). The molecule has 17 heavy (non-hydrogen) atoms. The summed E-state index contributed by atoms with van der Waals surface area (Å²) in [5.41, 5.74) is 1.31. The van der Waals surface area contributed by atoms with Crippen LogP contribution in [0.5, 0.6) is 0 Å². The SMILES string of the molecule is Cc1nc(Br)ccc1NC(=O)C1CC1C(=O)O. The van der Waals surface area contributed by atoms with Crippen LogP contribution in [0.1, 0.15) is 12.1 Å². The van der Waals surface area contributed by atoms with Gasteiger partial charge in [0.1, 0.15) is 4.60 Å². The Morgan fingerprint density at radius 2 is 2.18 bits per heavy atom. The van der Waals surface area contributed by atoms with E-state index in [-0.39, 0.29) is 5.91 Å². The van der Waals surface area contributed by atoms with Gasteiger partial charge < -0.3 is 10.4 Å². The maximum atomic E-state index is 11.7. The molecule has 1 fully saturated rings. The van der Waals surface area contributed by atoms with Crippen molar-refractivity contribution in [1.29, 1.82) is 0 Å². The molecule has 6 heteroatoms. The molecule has 1 aromatic rings. The topological polar surface area (TPSA) is 79.3 Å². The second-order valence-electron chi connectivity index (χ2n) is 4.04. The van der Waals surface area contributed by atoms with Crippen LogP contribution in [0.2, 0.25) is 0 Å². The highest BCUT2D eigenvalue weighted by atomic mass is 79.9. The van der Waals surface area contributed by atoms with Gasteiger partial charge in [-0.3, -0.25) is 9.59 Å². The number of nitrogens with one attached hydrogen (secondary N) is 1. The number of aryl methyl sites for hydroxylation is 1. The lowest BCUT2D eigenvalue weighted by Crippen LogP contribution is -2.17. The fourth-order valence-electron chi connectivity index (χ4n) is 1.65. The number of anilines is 1. The molecule has 90 valence electrons. The molecule has 0 radical (unpaired) electrons. The maximum Gasteiger partial charge on any atom is 0.307 e. The molecule has 0 bridgehead atoms. The van der Waals surface area contributed by atoms with E-state index in [2.05, 4.69) is 26.2 Å². The van der Waals surface area contributed by atoms with E-state index in [0.717, 1.165) is 0 Å². The van der Waals surface area contributed by atoms with E-state index in [9.17, 15) is 9.59 Å². The maximum absolute atomic E-state index is 11.7. The van der Waals surface area contributed by atoms with Crippen LogP contribution in [0.4, 0.5) is 5.69 Å². The number of rotatable bonds is 3. The molecule has 1 amide bonds. The molecule has 0 saturated heterocycles. The highest BCUT2D eigenvalue weighted by Crippen LogP contribution is 2.39. The van der Waals surface area contributed by atoms with E-state index in [1.54, 1.807) is 19.1 Å². The summed E-state index contributed by atoms with van der Waals surface area (Å²) in [6.07, 6.45) is 0.421. The average Bonchev–Trinajstić information content (AvgIpc) is 3.01. The zero-order chi connectivity index (χ0) is 12.6. The number of carbonyl (C=O) groups excluding carboxylic acids is 1. The molecule has 5 nitrogen and oxygen atoms in total. The van der Waals surface area contributed by atoms with Crippen LogP contribution in [0.3, 0.4) is 0 Å². The van der Waals surface area contributed by atoms with Gasteiger partial charge in [-0.25, -0.2) is 4.98 Å². The molecule has 1 heterocycles. The van der Waals surface area contributed by atoms with E-state index < -0.39 is 17.8 Å². The van der Waals surface area contributed by atoms with Crippen molar-refractivity contribution in [3.05, 3.63) is 22.4 Å². The molecule has 1 aliphatic carbocycles. The summed E-state index contributed by atoms with van der Waals surface area (Å²) in [7, 11) is 0. The van der Waals surface area contributed by atoms with E-state index in [0.29, 0.717) is 22.4 Å². The number of hydrogen-bond acceptors (Lipinski definition) is 3. The highest BCUT2D eigenvalue weighted by molar-refractivity contribution is 9.10. The minimum atomic E-state index is -0.907. The minimum absolute atomic E-state index is 0.246. The highest BCUT2D eigenvalue weighted by Gasteiger charge is 2.48. The molecular formula is C11H11BrN2O3. The third-order valence-corrected chi connectivity index (χ3v) is 3.20. The summed E-state index contributed by atoms with van der Waals surface area (Å²) in [6.45, 7) is 1.78. The number of aromatic nitrogens is 1. The second kappa shape index (κ2) is 4.44. The average molecular weight is 299 g/mol. The Labute approximate surface area is 106 Å². The Hall–Kier alpha value is -1.43. The van der Waals surface area contributed by atoms with Crippen molar-refractivity contribution in [3.63, 3.8) is 0 Å². The predicted molar refractivity (Wildman–Crippen MR) is 64.5 cm³/mol. The predicted octanol–water partition coefficient (Wildman–Crippen LogP) is 1.81. The van der Waals surface area contributed by atoms with Crippen molar-refractivity contribution in [2.45, 2.75) is 13.3 Å². The van der Waals surface area contributed by atoms with Gasteiger partial charge in [0.2, 0.25) is 5.91 Å². The third kappa shape index (κ3) is 2.63. The normalized spacial score (nSPS) is 22.0. The molecule has 1 aromatic heterocycles. The summed E-state index contributed by atoms with van der Waals surface area (Å²) in [4.78, 5) is 26.5. The van der Waals surface area contributed by atoms with E-state index in [1.165, 1.54) is 0 Å². The number of aliphatic carboxylic acids is 1. The summed E-state index contributed by atoms with van der Waals surface area (Å²) in [5.74, 6) is -2.09. The molecule has 2 N–H and O–H groups in total. The lowest BCUT2D eigenvalue weighted by Gasteiger charge is -2.07. The fraction of sp³-hybridized carbons (Fsp3) is 0.364. The molecular weight excluding hydrogens is 288 g/mol. The zero-order valence-corrected chi connectivity index (χ0v) is 10.7. The Morgan fingerprint density at radius 3 is 2.71 bits per heavy atom. The van der Waals surface area contributed by atoms with Gasteiger partial charge in [-0.2, -0.15) is 0 Å². The number of amides is 1. The smallest absolute Gasteiger partial charge is 0.307 e. The van der Waals surface area contributed by atoms with Crippen LogP contribution in [-0.4, -0.2) is 22.0 Å². The lowest BCUT2D eigenvalue weighted by atomic mass is 10.2. The Bertz CT molecular complexity index is 490. The quantitative estimate of drug-likeness (QED) is 0.834. The van der Waals surface area contributed by atoms with Crippen LogP contribution in [0, 0.1) is 18.8 Å². The summed E-state index contributed by atoms with van der Waals surface area (Å²) < 4.78 is 0.697. The van der Waals surface area contributed by atoms with Gasteiger partial charge in [-0.05, 0) is 41.4 Å². The first-order valence-electron chi connectivity index (χ1n) is 5.16. The molecule has 0 aromatic carbocycles. The Balaban J connectivity index is 2.02. The van der Waals surface area contributed by atoms with Gasteiger partial charge in [0.15, 0.2) is 0 Å². The number of carboxylic acid groups (broad SMARTS) is 1.